The number of aliphatic hydroxyl groups excluding tert-OH is 1. The average Bonchev–Trinajstić information content (AvgIpc) is 3.42. The fourth-order valence-electron chi connectivity index (χ4n) is 4.36. The van der Waals surface area contributed by atoms with Crippen molar-refractivity contribution in [1.82, 2.24) is 0 Å². The van der Waals surface area contributed by atoms with Gasteiger partial charge in [0.05, 0.1) is 5.57 Å². The summed E-state index contributed by atoms with van der Waals surface area (Å²) in [5.74, 6) is -1.61. The van der Waals surface area contributed by atoms with Crippen molar-refractivity contribution < 1.29 is 23.8 Å². The van der Waals surface area contributed by atoms with Gasteiger partial charge in [0.25, 0.3) is 11.7 Å². The molecule has 2 unspecified atom stereocenters. The molecule has 5 rings (SSSR count). The van der Waals surface area contributed by atoms with E-state index in [4.69, 9.17) is 4.74 Å². The van der Waals surface area contributed by atoms with Crippen molar-refractivity contribution in [3.05, 3.63) is 86.9 Å². The van der Waals surface area contributed by atoms with Crippen molar-refractivity contribution >= 4 is 34.5 Å². The zero-order chi connectivity index (χ0) is 22.6. The lowest BCUT2D eigenvalue weighted by Gasteiger charge is -2.25. The molecule has 2 atom stereocenters. The van der Waals surface area contributed by atoms with E-state index in [9.17, 15) is 19.1 Å². The number of hydrogen-bond acceptors (Lipinski definition) is 5. The molecule has 7 heteroatoms. The van der Waals surface area contributed by atoms with Crippen LogP contribution >= 0.6 is 11.3 Å². The number of rotatable bonds is 3. The lowest BCUT2D eigenvalue weighted by atomic mass is 9.97. The maximum atomic E-state index is 14.0. The SMILES string of the molecule is Cc1ccsc1C1/C(=C(/O)c2ccc3c(c2)CC(C)O3)C(=O)C(=O)N1c1cccc(F)c1. The molecule has 32 heavy (non-hydrogen) atoms. The standard InChI is InChI=1S/C25H20FNO4S/c1-13-8-9-32-24(13)21-20(22(28)15-6-7-19-16(11-15)10-14(2)31-19)23(29)25(30)27(21)18-5-3-4-17(26)12-18/h3-9,11-12,14,21,28H,10H2,1-2H3/b22-20-. The van der Waals surface area contributed by atoms with Gasteiger partial charge < -0.3 is 9.84 Å². The molecule has 0 spiro atoms. The van der Waals surface area contributed by atoms with Crippen LogP contribution in [-0.2, 0) is 16.0 Å². The molecule has 0 radical (unpaired) electrons. The highest BCUT2D eigenvalue weighted by molar-refractivity contribution is 7.10. The number of anilines is 1. The van der Waals surface area contributed by atoms with Gasteiger partial charge in [0.2, 0.25) is 0 Å². The van der Waals surface area contributed by atoms with E-state index in [1.54, 1.807) is 24.3 Å². The second-order valence-corrected chi connectivity index (χ2v) is 9.02. The van der Waals surface area contributed by atoms with Gasteiger partial charge in [-0.3, -0.25) is 14.5 Å². The Morgan fingerprint density at radius 1 is 1.19 bits per heavy atom. The third-order valence-electron chi connectivity index (χ3n) is 5.85. The molecule has 1 amide bonds. The number of carbonyl (C=O) groups is 2. The molecule has 2 aliphatic heterocycles. The molecule has 2 aliphatic rings. The Hall–Kier alpha value is -3.45. The van der Waals surface area contributed by atoms with Crippen LogP contribution in [-0.4, -0.2) is 22.9 Å². The van der Waals surface area contributed by atoms with Crippen LogP contribution < -0.4 is 9.64 Å². The van der Waals surface area contributed by atoms with Crippen LogP contribution in [0.15, 0.2) is 59.5 Å². The summed E-state index contributed by atoms with van der Waals surface area (Å²) in [5, 5.41) is 13.1. The first kappa shape index (κ1) is 20.5. The number of benzene rings is 2. The van der Waals surface area contributed by atoms with Crippen LogP contribution in [0, 0.1) is 12.7 Å². The van der Waals surface area contributed by atoms with Crippen molar-refractivity contribution in [2.45, 2.75) is 32.4 Å². The van der Waals surface area contributed by atoms with Crippen LogP contribution in [0.2, 0.25) is 0 Å². The molecule has 0 aliphatic carbocycles. The van der Waals surface area contributed by atoms with Crippen LogP contribution in [0.5, 0.6) is 5.75 Å². The van der Waals surface area contributed by atoms with Crippen LogP contribution in [0.3, 0.4) is 0 Å². The van der Waals surface area contributed by atoms with Gasteiger partial charge in [-0.15, -0.1) is 11.3 Å². The van der Waals surface area contributed by atoms with E-state index >= 15 is 0 Å². The van der Waals surface area contributed by atoms with Gasteiger partial charge in [0.15, 0.2) is 0 Å². The van der Waals surface area contributed by atoms with Crippen molar-refractivity contribution in [1.29, 1.82) is 0 Å². The van der Waals surface area contributed by atoms with Crippen molar-refractivity contribution in [3.8, 4) is 5.75 Å². The van der Waals surface area contributed by atoms with E-state index in [2.05, 4.69) is 0 Å². The Bertz CT molecular complexity index is 1290. The molecular formula is C25H20FNO4S. The fourth-order valence-corrected chi connectivity index (χ4v) is 5.39. The van der Waals surface area contributed by atoms with Crippen molar-refractivity contribution in [3.63, 3.8) is 0 Å². The highest BCUT2D eigenvalue weighted by Gasteiger charge is 2.48. The number of nitrogens with zero attached hydrogens (tertiary/aromatic N) is 1. The molecule has 0 saturated carbocycles. The van der Waals surface area contributed by atoms with E-state index < -0.39 is 23.5 Å². The first-order chi connectivity index (χ1) is 15.3. The summed E-state index contributed by atoms with van der Waals surface area (Å²) in [7, 11) is 0. The number of aliphatic hydroxyl groups is 1. The Morgan fingerprint density at radius 2 is 2.00 bits per heavy atom. The molecule has 5 nitrogen and oxygen atoms in total. The van der Waals surface area contributed by atoms with Gasteiger partial charge in [-0.1, -0.05) is 6.07 Å². The largest absolute Gasteiger partial charge is 0.507 e. The van der Waals surface area contributed by atoms with Crippen LogP contribution in [0.1, 0.15) is 34.5 Å². The predicted octanol–water partition coefficient (Wildman–Crippen LogP) is 5.15. The highest BCUT2D eigenvalue weighted by atomic mass is 32.1. The number of ether oxygens (including phenoxy) is 1. The van der Waals surface area contributed by atoms with E-state index in [0.717, 1.165) is 21.8 Å². The minimum atomic E-state index is -0.847. The second-order valence-electron chi connectivity index (χ2n) is 8.07. The van der Waals surface area contributed by atoms with Gasteiger partial charge in [0, 0.05) is 22.5 Å². The molecule has 1 saturated heterocycles. The van der Waals surface area contributed by atoms with Crippen molar-refractivity contribution in [2.75, 3.05) is 4.90 Å². The summed E-state index contributed by atoms with van der Waals surface area (Å²) in [6, 6.07) is 11.8. The monoisotopic (exact) mass is 449 g/mol. The third kappa shape index (κ3) is 3.20. The third-order valence-corrected chi connectivity index (χ3v) is 6.92. The topological polar surface area (TPSA) is 66.8 Å². The maximum Gasteiger partial charge on any atom is 0.300 e. The quantitative estimate of drug-likeness (QED) is 0.341. The molecular weight excluding hydrogens is 429 g/mol. The first-order valence-electron chi connectivity index (χ1n) is 10.3. The van der Waals surface area contributed by atoms with E-state index in [-0.39, 0.29) is 23.1 Å². The lowest BCUT2D eigenvalue weighted by molar-refractivity contribution is -0.132. The van der Waals surface area contributed by atoms with E-state index in [1.807, 2.05) is 25.3 Å². The maximum absolute atomic E-state index is 14.0. The highest BCUT2D eigenvalue weighted by Crippen LogP contribution is 2.45. The summed E-state index contributed by atoms with van der Waals surface area (Å²) < 4.78 is 19.7. The molecule has 1 N–H and O–H groups in total. The Kier molecular flexibility index (Phi) is 4.86. The normalized spacial score (nSPS) is 21.7. The summed E-state index contributed by atoms with van der Waals surface area (Å²) in [5.41, 5.74) is 2.52. The zero-order valence-electron chi connectivity index (χ0n) is 17.5. The summed E-state index contributed by atoms with van der Waals surface area (Å²) in [6.07, 6.45) is 0.733. The molecule has 2 aromatic carbocycles. The molecule has 3 aromatic rings. The summed E-state index contributed by atoms with van der Waals surface area (Å²) in [6.45, 7) is 3.84. The van der Waals surface area contributed by atoms with Gasteiger partial charge in [-0.2, -0.15) is 0 Å². The Morgan fingerprint density at radius 3 is 2.72 bits per heavy atom. The number of thiophene rings is 1. The minimum Gasteiger partial charge on any atom is -0.507 e. The van der Waals surface area contributed by atoms with Gasteiger partial charge in [0.1, 0.15) is 29.5 Å². The number of hydrogen-bond donors (Lipinski definition) is 1. The fraction of sp³-hybridized carbons (Fsp3) is 0.200. The smallest absolute Gasteiger partial charge is 0.300 e. The Balaban J connectivity index is 1.70. The predicted molar refractivity (Wildman–Crippen MR) is 120 cm³/mol. The number of halogens is 1. The van der Waals surface area contributed by atoms with E-state index in [0.29, 0.717) is 12.0 Å². The minimum absolute atomic E-state index is 0.00303. The molecule has 3 heterocycles. The number of fused-ring (bicyclic) bond motifs is 1. The van der Waals surface area contributed by atoms with E-state index in [1.165, 1.54) is 34.4 Å². The van der Waals surface area contributed by atoms with Crippen LogP contribution in [0.4, 0.5) is 10.1 Å². The van der Waals surface area contributed by atoms with Gasteiger partial charge >= 0.3 is 0 Å². The lowest BCUT2D eigenvalue weighted by Crippen LogP contribution is -2.29. The summed E-state index contributed by atoms with van der Waals surface area (Å²) in [4.78, 5) is 28.3. The summed E-state index contributed by atoms with van der Waals surface area (Å²) >= 11 is 1.39. The zero-order valence-corrected chi connectivity index (χ0v) is 18.3. The van der Waals surface area contributed by atoms with Gasteiger partial charge in [-0.05, 0) is 72.8 Å². The average molecular weight is 450 g/mol. The molecule has 1 fully saturated rings. The van der Waals surface area contributed by atoms with Gasteiger partial charge in [-0.25, -0.2) is 4.39 Å². The molecule has 162 valence electrons. The number of aryl methyl sites for hydroxylation is 1. The molecule has 1 aromatic heterocycles. The van der Waals surface area contributed by atoms with Crippen molar-refractivity contribution in [2.24, 2.45) is 0 Å². The number of Topliss-reactive ketones (excluding diaryl/α,β-unsaturated/α-hetero) is 1. The second kappa shape index (κ2) is 7.60. The Labute approximate surface area is 188 Å². The van der Waals surface area contributed by atoms with Crippen LogP contribution in [0.25, 0.3) is 5.76 Å². The molecule has 0 bridgehead atoms. The first-order valence-corrected chi connectivity index (χ1v) is 11.1. The number of amides is 1. The number of ketones is 1. The number of carbonyl (C=O) groups excluding carboxylic acids is 2.